The van der Waals surface area contributed by atoms with E-state index in [1.54, 1.807) is 4.90 Å². The maximum Gasteiger partial charge on any atom is 0.416 e. The molecule has 1 aliphatic heterocycles. The predicted octanol–water partition coefficient (Wildman–Crippen LogP) is 5.46. The van der Waals surface area contributed by atoms with Crippen molar-refractivity contribution in [1.82, 2.24) is 10.2 Å². The lowest BCUT2D eigenvalue weighted by molar-refractivity contribution is -0.146. The normalized spacial score (nSPS) is 24.6. The van der Waals surface area contributed by atoms with Gasteiger partial charge in [-0.05, 0) is 42.4 Å². The highest BCUT2D eigenvalue weighted by Gasteiger charge is 2.46. The van der Waals surface area contributed by atoms with Gasteiger partial charge in [-0.25, -0.2) is 0 Å². The average Bonchev–Trinajstić information content (AvgIpc) is 3.52. The van der Waals surface area contributed by atoms with Crippen molar-refractivity contribution in [2.24, 2.45) is 17.8 Å². The van der Waals surface area contributed by atoms with E-state index in [0.29, 0.717) is 17.9 Å². The fourth-order valence-corrected chi connectivity index (χ4v) is 4.06. The molecule has 2 amide bonds. The molecular formula is C26H31F3N2O2. The number of rotatable bonds is 4. The molecule has 4 rings (SSSR count). The molecule has 0 aromatic heterocycles. The third-order valence-electron chi connectivity index (χ3n) is 6.09. The van der Waals surface area contributed by atoms with Gasteiger partial charge in [0.15, 0.2) is 0 Å². The molecule has 4 nitrogen and oxygen atoms in total. The molecule has 2 aromatic rings. The van der Waals surface area contributed by atoms with E-state index in [1.807, 2.05) is 57.2 Å². The van der Waals surface area contributed by atoms with Crippen LogP contribution in [0.25, 0.3) is 0 Å². The first-order valence-corrected chi connectivity index (χ1v) is 11.4. The Bertz CT molecular complexity index is 902. The highest BCUT2D eigenvalue weighted by atomic mass is 19.4. The molecule has 4 atom stereocenters. The molecule has 0 spiro atoms. The fourth-order valence-electron chi connectivity index (χ4n) is 4.06. The molecule has 1 heterocycles. The van der Waals surface area contributed by atoms with Gasteiger partial charge in [-0.1, -0.05) is 69.3 Å². The molecule has 0 radical (unpaired) electrons. The zero-order chi connectivity index (χ0) is 24.2. The van der Waals surface area contributed by atoms with Crippen molar-refractivity contribution in [2.75, 3.05) is 6.54 Å². The van der Waals surface area contributed by atoms with E-state index >= 15 is 0 Å². The first-order valence-electron chi connectivity index (χ1n) is 11.4. The zero-order valence-corrected chi connectivity index (χ0v) is 19.2. The number of alkyl halides is 3. The van der Waals surface area contributed by atoms with Crippen LogP contribution in [0.5, 0.6) is 0 Å². The van der Waals surface area contributed by atoms with Crippen molar-refractivity contribution in [3.05, 3.63) is 71.8 Å². The number of amides is 2. The van der Waals surface area contributed by atoms with Gasteiger partial charge in [0.1, 0.15) is 6.04 Å². The van der Waals surface area contributed by atoms with Gasteiger partial charge in [-0.2, -0.15) is 13.2 Å². The van der Waals surface area contributed by atoms with Crippen LogP contribution in [0, 0.1) is 17.8 Å². The summed E-state index contributed by atoms with van der Waals surface area (Å²) in [5, 5.41) is 2.89. The summed E-state index contributed by atoms with van der Waals surface area (Å²) in [6.07, 6.45) is -3.00. The van der Waals surface area contributed by atoms with Crippen molar-refractivity contribution in [3.8, 4) is 0 Å². The summed E-state index contributed by atoms with van der Waals surface area (Å²) < 4.78 is 38.3. The zero-order valence-electron chi connectivity index (χ0n) is 19.2. The maximum atomic E-state index is 12.9. The van der Waals surface area contributed by atoms with Gasteiger partial charge in [-0.15, -0.1) is 0 Å². The summed E-state index contributed by atoms with van der Waals surface area (Å²) in [5.74, 6) is 0.280. The number of benzene rings is 2. The molecule has 2 fully saturated rings. The first-order chi connectivity index (χ1) is 15.6. The van der Waals surface area contributed by atoms with Crippen molar-refractivity contribution in [1.29, 1.82) is 0 Å². The minimum absolute atomic E-state index is 0.0140. The second-order valence-corrected chi connectivity index (χ2v) is 9.29. The molecule has 1 saturated heterocycles. The molecule has 2 aliphatic rings. The number of carbonyl (C=O) groups is 2. The standard InChI is InChI=1S/C20H25F3N2O2.C6H6/c1-11(2)8-17-18(26)24-16(10-25(17)19(27)15-9-12(15)3)13-4-6-14(7-5-13)20(21,22)23;1-2-4-6-5-3-1/h4-7,11-12,15-17H,8-10H2,1-3H3,(H,24,26);1-6H/t12?,15-,16?,17?;/m1./s1. The summed E-state index contributed by atoms with van der Waals surface area (Å²) in [7, 11) is 0. The van der Waals surface area contributed by atoms with Crippen LogP contribution in [0.4, 0.5) is 13.2 Å². The number of carbonyl (C=O) groups excluding carboxylic acids is 2. The van der Waals surface area contributed by atoms with Crippen molar-refractivity contribution in [3.63, 3.8) is 0 Å². The molecule has 178 valence electrons. The van der Waals surface area contributed by atoms with Crippen molar-refractivity contribution in [2.45, 2.75) is 51.9 Å². The number of nitrogens with one attached hydrogen (secondary N) is 1. The van der Waals surface area contributed by atoms with Gasteiger partial charge < -0.3 is 10.2 Å². The average molecular weight is 461 g/mol. The lowest BCUT2D eigenvalue weighted by Gasteiger charge is -2.40. The third kappa shape index (κ3) is 6.59. The van der Waals surface area contributed by atoms with E-state index in [-0.39, 0.29) is 30.2 Å². The van der Waals surface area contributed by atoms with Crippen LogP contribution in [0.3, 0.4) is 0 Å². The molecule has 3 unspecified atom stereocenters. The van der Waals surface area contributed by atoms with Crippen LogP contribution >= 0.6 is 0 Å². The molecule has 33 heavy (non-hydrogen) atoms. The smallest absolute Gasteiger partial charge is 0.346 e. The van der Waals surface area contributed by atoms with Crippen LogP contribution in [0.15, 0.2) is 60.7 Å². The molecule has 1 N–H and O–H groups in total. The number of piperazine rings is 1. The minimum atomic E-state index is -4.40. The molecular weight excluding hydrogens is 429 g/mol. The SMILES string of the molecule is CC(C)CC1C(=O)NC(c2ccc(C(F)(F)F)cc2)CN1C(=O)[C@@H]1CC1C.c1ccccc1. The summed E-state index contributed by atoms with van der Waals surface area (Å²) in [6.45, 7) is 6.29. The van der Waals surface area contributed by atoms with Gasteiger partial charge in [0.05, 0.1) is 11.6 Å². The minimum Gasteiger partial charge on any atom is -0.346 e. The lowest BCUT2D eigenvalue weighted by Crippen LogP contribution is -2.59. The second-order valence-electron chi connectivity index (χ2n) is 9.29. The third-order valence-corrected chi connectivity index (χ3v) is 6.09. The van der Waals surface area contributed by atoms with Gasteiger partial charge in [0, 0.05) is 12.5 Å². The molecule has 0 bridgehead atoms. The Kier molecular flexibility index (Phi) is 7.82. The summed E-state index contributed by atoms with van der Waals surface area (Å²) >= 11 is 0. The van der Waals surface area contributed by atoms with Crippen LogP contribution in [0.2, 0.25) is 0 Å². The van der Waals surface area contributed by atoms with E-state index in [4.69, 9.17) is 0 Å². The van der Waals surface area contributed by atoms with Gasteiger partial charge in [-0.3, -0.25) is 9.59 Å². The maximum absolute atomic E-state index is 12.9. The van der Waals surface area contributed by atoms with Crippen LogP contribution in [-0.4, -0.2) is 29.3 Å². The van der Waals surface area contributed by atoms with Gasteiger partial charge >= 0.3 is 6.18 Å². The fraction of sp³-hybridized carbons (Fsp3) is 0.462. The van der Waals surface area contributed by atoms with Gasteiger partial charge in [0.2, 0.25) is 11.8 Å². The van der Waals surface area contributed by atoms with Crippen molar-refractivity contribution >= 4 is 11.8 Å². The van der Waals surface area contributed by atoms with E-state index in [2.05, 4.69) is 5.32 Å². The van der Waals surface area contributed by atoms with Crippen LogP contribution in [0.1, 0.15) is 50.8 Å². The Morgan fingerprint density at radius 3 is 2.00 bits per heavy atom. The second kappa shape index (κ2) is 10.4. The van der Waals surface area contributed by atoms with Crippen LogP contribution < -0.4 is 5.32 Å². The quantitative estimate of drug-likeness (QED) is 0.659. The predicted molar refractivity (Wildman–Crippen MR) is 121 cm³/mol. The van der Waals surface area contributed by atoms with Gasteiger partial charge in [0.25, 0.3) is 0 Å². The van der Waals surface area contributed by atoms with E-state index in [9.17, 15) is 22.8 Å². The Hall–Kier alpha value is -2.83. The van der Waals surface area contributed by atoms with Crippen molar-refractivity contribution < 1.29 is 22.8 Å². The first kappa shape index (κ1) is 24.8. The van der Waals surface area contributed by atoms with Crippen LogP contribution in [-0.2, 0) is 15.8 Å². The largest absolute Gasteiger partial charge is 0.416 e. The number of nitrogens with zero attached hydrogens (tertiary/aromatic N) is 1. The Morgan fingerprint density at radius 1 is 1.06 bits per heavy atom. The molecule has 7 heteroatoms. The number of halogens is 3. The Morgan fingerprint density at radius 2 is 1.58 bits per heavy atom. The monoisotopic (exact) mass is 460 g/mol. The summed E-state index contributed by atoms with van der Waals surface area (Å²) in [6, 6.07) is 15.8. The van der Waals surface area contributed by atoms with E-state index < -0.39 is 23.8 Å². The topological polar surface area (TPSA) is 49.4 Å². The molecule has 1 saturated carbocycles. The lowest BCUT2D eigenvalue weighted by atomic mass is 9.94. The summed E-state index contributed by atoms with van der Waals surface area (Å²) in [5.41, 5.74) is -0.160. The molecule has 1 aliphatic carbocycles. The van der Waals surface area contributed by atoms with E-state index in [1.165, 1.54) is 12.1 Å². The highest BCUT2D eigenvalue weighted by Crippen LogP contribution is 2.41. The molecule has 2 aromatic carbocycles. The Labute approximate surface area is 193 Å². The van der Waals surface area contributed by atoms with E-state index in [0.717, 1.165) is 18.6 Å². The Balaban J connectivity index is 0.000000442. The number of hydrogen-bond donors (Lipinski definition) is 1. The number of hydrogen-bond acceptors (Lipinski definition) is 2. The summed E-state index contributed by atoms with van der Waals surface area (Å²) in [4.78, 5) is 27.2. The highest BCUT2D eigenvalue weighted by molar-refractivity contribution is 5.91.